The lowest BCUT2D eigenvalue weighted by atomic mass is 10.1. The van der Waals surface area contributed by atoms with E-state index in [1.165, 1.54) is 18.9 Å². The Morgan fingerprint density at radius 2 is 2.08 bits per heavy atom. The van der Waals surface area contributed by atoms with E-state index < -0.39 is 0 Å². The second-order valence-corrected chi connectivity index (χ2v) is 3.68. The van der Waals surface area contributed by atoms with E-state index >= 15 is 0 Å². The molecule has 0 amide bonds. The largest absolute Gasteiger partial charge is 0.307 e. The minimum Gasteiger partial charge on any atom is -0.307 e. The maximum absolute atomic E-state index is 13.3. The summed E-state index contributed by atoms with van der Waals surface area (Å²) in [7, 11) is 0. The highest BCUT2D eigenvalue weighted by atomic mass is 19.1. The zero-order valence-electron chi connectivity index (χ0n) is 7.76. The van der Waals surface area contributed by atoms with Gasteiger partial charge in [0.1, 0.15) is 5.82 Å². The van der Waals surface area contributed by atoms with Crippen molar-refractivity contribution < 1.29 is 4.39 Å². The Hall–Kier alpha value is -0.890. The Morgan fingerprint density at radius 1 is 1.38 bits per heavy atom. The van der Waals surface area contributed by atoms with Crippen molar-refractivity contribution in [2.75, 3.05) is 0 Å². The van der Waals surface area contributed by atoms with Gasteiger partial charge in [0, 0.05) is 17.6 Å². The van der Waals surface area contributed by atoms with Crippen LogP contribution in [0.15, 0.2) is 24.3 Å². The van der Waals surface area contributed by atoms with Gasteiger partial charge in [0.2, 0.25) is 0 Å². The standard InChI is InChI=1S/C11H14FN/c1-8(13-9-6-7-9)10-4-2-3-5-11(10)12/h2-5,8-9,13H,6-7H2,1H3/t8-/m1/s1. The molecule has 1 nitrogen and oxygen atoms in total. The summed E-state index contributed by atoms with van der Waals surface area (Å²) < 4.78 is 13.3. The van der Waals surface area contributed by atoms with Gasteiger partial charge in [0.25, 0.3) is 0 Å². The predicted molar refractivity (Wildman–Crippen MR) is 51.0 cm³/mol. The molecule has 0 bridgehead atoms. The molecule has 0 heterocycles. The topological polar surface area (TPSA) is 12.0 Å². The molecule has 13 heavy (non-hydrogen) atoms. The van der Waals surface area contributed by atoms with Crippen molar-refractivity contribution >= 4 is 0 Å². The van der Waals surface area contributed by atoms with Crippen LogP contribution >= 0.6 is 0 Å². The van der Waals surface area contributed by atoms with Gasteiger partial charge in [0.05, 0.1) is 0 Å². The molecular formula is C11H14FN. The highest BCUT2D eigenvalue weighted by Crippen LogP contribution is 2.24. The Bertz CT molecular complexity index is 294. The van der Waals surface area contributed by atoms with Crippen LogP contribution in [0.5, 0.6) is 0 Å². The molecule has 1 aromatic rings. The van der Waals surface area contributed by atoms with E-state index in [0.717, 1.165) is 5.56 Å². The molecule has 0 aliphatic heterocycles. The van der Waals surface area contributed by atoms with Crippen molar-refractivity contribution in [1.29, 1.82) is 0 Å². The summed E-state index contributed by atoms with van der Waals surface area (Å²) >= 11 is 0. The molecule has 0 radical (unpaired) electrons. The van der Waals surface area contributed by atoms with Crippen molar-refractivity contribution in [3.05, 3.63) is 35.6 Å². The zero-order chi connectivity index (χ0) is 9.26. The molecule has 0 spiro atoms. The van der Waals surface area contributed by atoms with E-state index in [1.807, 2.05) is 19.1 Å². The van der Waals surface area contributed by atoms with Crippen molar-refractivity contribution in [1.82, 2.24) is 5.32 Å². The fourth-order valence-electron chi connectivity index (χ4n) is 1.52. The molecule has 1 aromatic carbocycles. The average Bonchev–Trinajstić information content (AvgIpc) is 2.89. The molecule has 2 heteroatoms. The van der Waals surface area contributed by atoms with Crippen molar-refractivity contribution in [3.63, 3.8) is 0 Å². The lowest BCUT2D eigenvalue weighted by molar-refractivity contribution is 0.526. The van der Waals surface area contributed by atoms with Gasteiger partial charge < -0.3 is 5.32 Å². The third kappa shape index (κ3) is 2.07. The number of benzene rings is 1. The van der Waals surface area contributed by atoms with Crippen molar-refractivity contribution in [3.8, 4) is 0 Å². The first-order valence-corrected chi connectivity index (χ1v) is 4.78. The molecule has 1 N–H and O–H groups in total. The minimum atomic E-state index is -0.108. The summed E-state index contributed by atoms with van der Waals surface area (Å²) in [5.41, 5.74) is 0.773. The molecule has 2 rings (SSSR count). The summed E-state index contributed by atoms with van der Waals surface area (Å²) in [5, 5.41) is 3.37. The molecule has 1 atom stereocenters. The van der Waals surface area contributed by atoms with Crippen LogP contribution < -0.4 is 5.32 Å². The molecule has 1 aliphatic rings. The smallest absolute Gasteiger partial charge is 0.127 e. The van der Waals surface area contributed by atoms with Crippen LogP contribution in [0.25, 0.3) is 0 Å². The predicted octanol–water partition coefficient (Wildman–Crippen LogP) is 2.64. The number of rotatable bonds is 3. The third-order valence-electron chi connectivity index (χ3n) is 2.43. The molecule has 1 fully saturated rings. The van der Waals surface area contributed by atoms with Gasteiger partial charge >= 0.3 is 0 Å². The second kappa shape index (κ2) is 3.46. The number of hydrogen-bond donors (Lipinski definition) is 1. The molecule has 0 unspecified atom stereocenters. The van der Waals surface area contributed by atoms with Crippen LogP contribution in [0.1, 0.15) is 31.4 Å². The van der Waals surface area contributed by atoms with E-state index in [-0.39, 0.29) is 11.9 Å². The maximum atomic E-state index is 13.3. The first-order chi connectivity index (χ1) is 6.27. The lowest BCUT2D eigenvalue weighted by Gasteiger charge is -2.13. The maximum Gasteiger partial charge on any atom is 0.127 e. The Balaban J connectivity index is 2.09. The van der Waals surface area contributed by atoms with Gasteiger partial charge in [-0.25, -0.2) is 4.39 Å². The third-order valence-corrected chi connectivity index (χ3v) is 2.43. The van der Waals surface area contributed by atoms with E-state index in [0.29, 0.717) is 6.04 Å². The van der Waals surface area contributed by atoms with Gasteiger partial charge in [-0.1, -0.05) is 18.2 Å². The Kier molecular flexibility index (Phi) is 2.32. The van der Waals surface area contributed by atoms with Crippen LogP contribution in [-0.4, -0.2) is 6.04 Å². The van der Waals surface area contributed by atoms with Crippen LogP contribution in [0.2, 0.25) is 0 Å². The highest BCUT2D eigenvalue weighted by Gasteiger charge is 2.23. The summed E-state index contributed by atoms with van der Waals surface area (Å²) in [6, 6.07) is 7.71. The van der Waals surface area contributed by atoms with Crippen LogP contribution in [0, 0.1) is 5.82 Å². The fraction of sp³-hybridized carbons (Fsp3) is 0.455. The van der Waals surface area contributed by atoms with Crippen molar-refractivity contribution in [2.45, 2.75) is 31.8 Å². The van der Waals surface area contributed by atoms with Gasteiger partial charge in [0.15, 0.2) is 0 Å². The molecule has 1 saturated carbocycles. The number of nitrogens with one attached hydrogen (secondary N) is 1. The van der Waals surface area contributed by atoms with Gasteiger partial charge in [-0.05, 0) is 25.8 Å². The van der Waals surface area contributed by atoms with E-state index in [2.05, 4.69) is 5.32 Å². The summed E-state index contributed by atoms with van der Waals surface area (Å²) in [4.78, 5) is 0. The lowest BCUT2D eigenvalue weighted by Crippen LogP contribution is -2.21. The molecule has 0 aromatic heterocycles. The molecule has 0 saturated heterocycles. The number of hydrogen-bond acceptors (Lipinski definition) is 1. The van der Waals surface area contributed by atoms with Crippen LogP contribution in [0.4, 0.5) is 4.39 Å². The highest BCUT2D eigenvalue weighted by molar-refractivity contribution is 5.20. The second-order valence-electron chi connectivity index (χ2n) is 3.68. The summed E-state index contributed by atoms with van der Waals surface area (Å²) in [6.07, 6.45) is 2.47. The first-order valence-electron chi connectivity index (χ1n) is 4.78. The zero-order valence-corrected chi connectivity index (χ0v) is 7.76. The molecular weight excluding hydrogens is 165 g/mol. The van der Waals surface area contributed by atoms with Gasteiger partial charge in [-0.3, -0.25) is 0 Å². The Morgan fingerprint density at radius 3 is 2.69 bits per heavy atom. The van der Waals surface area contributed by atoms with Crippen molar-refractivity contribution in [2.24, 2.45) is 0 Å². The van der Waals surface area contributed by atoms with E-state index in [4.69, 9.17) is 0 Å². The summed E-state index contributed by atoms with van der Waals surface area (Å²) in [5.74, 6) is -0.108. The fourth-order valence-corrected chi connectivity index (χ4v) is 1.52. The normalized spacial score (nSPS) is 18.6. The van der Waals surface area contributed by atoms with Crippen LogP contribution in [-0.2, 0) is 0 Å². The van der Waals surface area contributed by atoms with Gasteiger partial charge in [-0.15, -0.1) is 0 Å². The number of halogens is 1. The van der Waals surface area contributed by atoms with Crippen LogP contribution in [0.3, 0.4) is 0 Å². The summed E-state index contributed by atoms with van der Waals surface area (Å²) in [6.45, 7) is 2.01. The quantitative estimate of drug-likeness (QED) is 0.752. The van der Waals surface area contributed by atoms with E-state index in [9.17, 15) is 4.39 Å². The first kappa shape index (κ1) is 8.70. The van der Waals surface area contributed by atoms with E-state index in [1.54, 1.807) is 6.07 Å². The molecule has 1 aliphatic carbocycles. The average molecular weight is 179 g/mol. The Labute approximate surface area is 78.0 Å². The molecule has 70 valence electrons. The SMILES string of the molecule is C[C@@H](NC1CC1)c1ccccc1F. The minimum absolute atomic E-state index is 0.108. The monoisotopic (exact) mass is 179 g/mol. The van der Waals surface area contributed by atoms with Gasteiger partial charge in [-0.2, -0.15) is 0 Å².